The van der Waals surface area contributed by atoms with Gasteiger partial charge in [0, 0.05) is 0 Å². The molecular weight excluding hydrogens is 291 g/mol. The fourth-order valence-corrected chi connectivity index (χ4v) is 2.50. The van der Waals surface area contributed by atoms with E-state index in [2.05, 4.69) is 34.5 Å². The second-order valence-electron chi connectivity index (χ2n) is 5.65. The molecule has 2 heteroatoms. The van der Waals surface area contributed by atoms with E-state index in [4.69, 9.17) is 0 Å². The third-order valence-electron chi connectivity index (χ3n) is 3.62. The molecule has 0 aliphatic heterocycles. The molecule has 0 unspecified atom stereocenters. The van der Waals surface area contributed by atoms with Crippen LogP contribution in [0.2, 0.25) is 0 Å². The average Bonchev–Trinajstić information content (AvgIpc) is 2.43. The Hall–Kier alpha value is -0.0965. The van der Waals surface area contributed by atoms with Crippen molar-refractivity contribution in [2.75, 3.05) is 0 Å². The topological polar surface area (TPSA) is 17.1 Å². The van der Waals surface area contributed by atoms with E-state index < -0.39 is 0 Å². The minimum absolute atomic E-state index is 0.0392. The van der Waals surface area contributed by atoms with E-state index in [1.165, 1.54) is 70.6 Å². The summed E-state index contributed by atoms with van der Waals surface area (Å²) in [6.45, 7) is 2.27. The van der Waals surface area contributed by atoms with Gasteiger partial charge in [0.15, 0.2) is 0 Å². The van der Waals surface area contributed by atoms with Crippen LogP contribution in [0.3, 0.4) is 0 Å². The van der Waals surface area contributed by atoms with E-state index in [0.717, 1.165) is 12.8 Å². The molecule has 0 aliphatic rings. The van der Waals surface area contributed by atoms with Crippen molar-refractivity contribution < 1.29 is 20.3 Å². The first-order valence-corrected chi connectivity index (χ1v) is 9.07. The van der Waals surface area contributed by atoms with E-state index in [1.807, 2.05) is 0 Å². The zero-order chi connectivity index (χ0) is 14.9. The molecule has 0 fully saturated rings. The molecule has 0 aromatic heterocycles. The van der Waals surface area contributed by atoms with Crippen LogP contribution in [-0.4, -0.2) is 4.75 Å². The summed E-state index contributed by atoms with van der Waals surface area (Å²) in [5.41, 5.74) is 0. The van der Waals surface area contributed by atoms with Gasteiger partial charge in [0.05, 0.1) is 0 Å². The van der Waals surface area contributed by atoms with Crippen LogP contribution in [0.5, 0.6) is 0 Å². The fourth-order valence-electron chi connectivity index (χ4n) is 2.32. The summed E-state index contributed by atoms with van der Waals surface area (Å²) in [6, 6.07) is 0. The van der Waals surface area contributed by atoms with Crippen LogP contribution < -0.4 is 0 Å². The molecule has 0 rings (SSSR count). The Morgan fingerprint density at radius 1 is 0.750 bits per heavy atom. The van der Waals surface area contributed by atoms with Crippen LogP contribution in [0, 0.1) is 0 Å². The summed E-state index contributed by atoms with van der Waals surface area (Å²) < 4.78 is -0.0392. The predicted octanol–water partition coefficient (Wildman–Crippen LogP) is 6.10. The monoisotopic (exact) mass is 323 g/mol. The van der Waals surface area contributed by atoms with E-state index in [9.17, 15) is 4.79 Å². The first kappa shape index (κ1) is 19.9. The van der Waals surface area contributed by atoms with Gasteiger partial charge in [0.1, 0.15) is 0 Å². The molecule has 0 amide bonds. The SMILES string of the molecule is CCCCCCCC/C=C\CCCCCCC[C](=O)[Ni]. The molecule has 0 atom stereocenters. The van der Waals surface area contributed by atoms with Gasteiger partial charge in [-0.3, -0.25) is 0 Å². The molecule has 1 nitrogen and oxygen atoms in total. The van der Waals surface area contributed by atoms with Gasteiger partial charge in [-0.2, -0.15) is 0 Å². The standard InChI is InChI=1S/C18H33O.Ni/c1-2-3-4-5-6-7-8-9-10-11-12-13-14-15-16-17-18-19;/h9-10H,2-8,11-17H2,1H3;/b10-9-;. The predicted molar refractivity (Wildman–Crippen MR) is 84.5 cm³/mol. The van der Waals surface area contributed by atoms with Crippen molar-refractivity contribution in [3.63, 3.8) is 0 Å². The van der Waals surface area contributed by atoms with Crippen molar-refractivity contribution in [1.82, 2.24) is 0 Å². The first-order valence-electron chi connectivity index (χ1n) is 8.57. The van der Waals surface area contributed by atoms with Gasteiger partial charge in [0.2, 0.25) is 0 Å². The molecular formula is C18H33NiO. The Kier molecular flexibility index (Phi) is 16.9. The van der Waals surface area contributed by atoms with Crippen LogP contribution in [0.25, 0.3) is 0 Å². The van der Waals surface area contributed by atoms with Crippen molar-refractivity contribution in [2.45, 2.75) is 96.8 Å². The van der Waals surface area contributed by atoms with Crippen LogP contribution in [0.1, 0.15) is 96.8 Å². The Morgan fingerprint density at radius 2 is 1.20 bits per heavy atom. The molecule has 0 bridgehead atoms. The maximum atomic E-state index is 10.6. The van der Waals surface area contributed by atoms with E-state index >= 15 is 0 Å². The zero-order valence-corrected chi connectivity index (χ0v) is 14.3. The van der Waals surface area contributed by atoms with Crippen molar-refractivity contribution in [3.8, 4) is 0 Å². The maximum absolute atomic E-state index is 10.6. The molecule has 0 N–H and O–H groups in total. The number of allylic oxidation sites excluding steroid dienone is 2. The number of carbonyl (C=O) groups is 1. The molecule has 0 aliphatic carbocycles. The number of carbonyl (C=O) groups excluding carboxylic acids is 1. The molecule has 0 heterocycles. The summed E-state index contributed by atoms with van der Waals surface area (Å²) in [6.07, 6.45) is 22.1. The Bertz CT molecular complexity index is 236. The van der Waals surface area contributed by atoms with E-state index in [0.29, 0.717) is 6.42 Å². The Morgan fingerprint density at radius 3 is 1.70 bits per heavy atom. The molecule has 0 radical (unpaired) electrons. The summed E-state index contributed by atoms with van der Waals surface area (Å²) in [5, 5.41) is 0. The van der Waals surface area contributed by atoms with Crippen molar-refractivity contribution >= 4 is 4.75 Å². The molecule has 121 valence electrons. The average molecular weight is 324 g/mol. The fraction of sp³-hybridized carbons (Fsp3) is 0.833. The van der Waals surface area contributed by atoms with Crippen LogP contribution >= 0.6 is 0 Å². The summed E-state index contributed by atoms with van der Waals surface area (Å²) in [4.78, 5) is 10.6. The van der Waals surface area contributed by atoms with Crippen LogP contribution in [0.15, 0.2) is 12.2 Å². The second-order valence-corrected chi connectivity index (χ2v) is 6.21. The number of hydrogen-bond acceptors (Lipinski definition) is 1. The third kappa shape index (κ3) is 17.9. The summed E-state index contributed by atoms with van der Waals surface area (Å²) in [5.74, 6) is 0. The molecule has 0 saturated carbocycles. The van der Waals surface area contributed by atoms with E-state index in [-0.39, 0.29) is 4.75 Å². The van der Waals surface area contributed by atoms with E-state index in [1.54, 1.807) is 0 Å². The molecule has 0 saturated heterocycles. The number of rotatable bonds is 15. The normalized spacial score (nSPS) is 11.3. The van der Waals surface area contributed by atoms with Gasteiger partial charge in [0.25, 0.3) is 0 Å². The minimum atomic E-state index is -0.0392. The van der Waals surface area contributed by atoms with Gasteiger partial charge >= 0.3 is 95.0 Å². The molecule has 0 aromatic carbocycles. The molecule has 0 aromatic rings. The molecule has 0 spiro atoms. The Labute approximate surface area is 134 Å². The van der Waals surface area contributed by atoms with Gasteiger partial charge in [-0.25, -0.2) is 0 Å². The van der Waals surface area contributed by atoms with Crippen LogP contribution in [0.4, 0.5) is 0 Å². The summed E-state index contributed by atoms with van der Waals surface area (Å²) in [7, 11) is 0. The zero-order valence-electron chi connectivity index (χ0n) is 13.3. The van der Waals surface area contributed by atoms with Crippen molar-refractivity contribution in [3.05, 3.63) is 12.2 Å². The van der Waals surface area contributed by atoms with Gasteiger partial charge in [-0.05, 0) is 0 Å². The number of unbranched alkanes of at least 4 members (excludes halogenated alkanes) is 11. The third-order valence-corrected chi connectivity index (χ3v) is 3.87. The quantitative estimate of drug-likeness (QED) is 0.202. The van der Waals surface area contributed by atoms with Gasteiger partial charge in [-0.15, -0.1) is 0 Å². The van der Waals surface area contributed by atoms with Crippen molar-refractivity contribution in [1.29, 1.82) is 0 Å². The summed E-state index contributed by atoms with van der Waals surface area (Å²) >= 11 is 4.25. The van der Waals surface area contributed by atoms with Gasteiger partial charge in [-0.1, -0.05) is 39.0 Å². The van der Waals surface area contributed by atoms with Crippen LogP contribution in [-0.2, 0) is 20.3 Å². The number of hydrogen-bond donors (Lipinski definition) is 0. The second kappa shape index (κ2) is 17.0. The van der Waals surface area contributed by atoms with Gasteiger partial charge < -0.3 is 0 Å². The first-order chi connectivity index (χ1) is 9.77. The van der Waals surface area contributed by atoms with Crippen molar-refractivity contribution in [2.24, 2.45) is 0 Å². The Balaban J connectivity index is 3.07. The molecule has 20 heavy (non-hydrogen) atoms.